The lowest BCUT2D eigenvalue weighted by atomic mass is 9.69. The predicted octanol–water partition coefficient (Wildman–Crippen LogP) is 3.96. The maximum Gasteiger partial charge on any atom is 0.410 e. The SMILES string of the molecule is Cc1cc(Cl)cc(F)c1C1(O)[C@H](C)CN(C(=O)CN(C)C(=O)OC(C)(C)C)C[C@@H]1C. The average molecular weight is 443 g/mol. The first-order valence-corrected chi connectivity index (χ1v) is 10.4. The Balaban J connectivity index is 2.16. The molecule has 1 aliphatic rings. The fourth-order valence-corrected chi connectivity index (χ4v) is 4.37. The van der Waals surface area contributed by atoms with Crippen LogP contribution in [0.3, 0.4) is 0 Å². The zero-order chi connectivity index (χ0) is 23.0. The summed E-state index contributed by atoms with van der Waals surface area (Å²) in [5.74, 6) is -1.65. The van der Waals surface area contributed by atoms with Gasteiger partial charge in [-0.15, -0.1) is 0 Å². The van der Waals surface area contributed by atoms with Crippen LogP contribution in [0, 0.1) is 24.6 Å². The number of carbonyl (C=O) groups excluding carboxylic acids is 2. The van der Waals surface area contributed by atoms with Gasteiger partial charge in [-0.2, -0.15) is 0 Å². The van der Waals surface area contributed by atoms with Gasteiger partial charge >= 0.3 is 6.09 Å². The molecule has 6 nitrogen and oxygen atoms in total. The quantitative estimate of drug-likeness (QED) is 0.769. The Kier molecular flexibility index (Phi) is 7.09. The number of hydrogen-bond donors (Lipinski definition) is 1. The van der Waals surface area contributed by atoms with E-state index in [4.69, 9.17) is 16.3 Å². The zero-order valence-corrected chi connectivity index (χ0v) is 19.5. The van der Waals surface area contributed by atoms with E-state index in [1.807, 2.05) is 0 Å². The maximum atomic E-state index is 14.8. The Labute approximate surface area is 182 Å². The Morgan fingerprint density at radius 3 is 2.30 bits per heavy atom. The Hall–Kier alpha value is -1.86. The first-order chi connectivity index (χ1) is 13.7. The average Bonchev–Trinajstić information content (AvgIpc) is 2.56. The van der Waals surface area contributed by atoms with Crippen molar-refractivity contribution in [2.24, 2.45) is 11.8 Å². The highest BCUT2D eigenvalue weighted by Gasteiger charge is 2.49. The van der Waals surface area contributed by atoms with E-state index in [9.17, 15) is 19.1 Å². The van der Waals surface area contributed by atoms with Gasteiger partial charge in [-0.25, -0.2) is 9.18 Å². The summed E-state index contributed by atoms with van der Waals surface area (Å²) in [5.41, 5.74) is -1.29. The third kappa shape index (κ3) is 5.06. The van der Waals surface area contributed by atoms with Crippen molar-refractivity contribution in [3.8, 4) is 0 Å². The number of halogens is 2. The minimum absolute atomic E-state index is 0.138. The number of piperidine rings is 1. The van der Waals surface area contributed by atoms with Gasteiger partial charge in [0.2, 0.25) is 5.91 Å². The molecular weight excluding hydrogens is 411 g/mol. The molecule has 1 heterocycles. The van der Waals surface area contributed by atoms with E-state index >= 15 is 0 Å². The monoisotopic (exact) mass is 442 g/mol. The number of carbonyl (C=O) groups is 2. The minimum Gasteiger partial charge on any atom is -0.444 e. The van der Waals surface area contributed by atoms with Gasteiger partial charge in [0.1, 0.15) is 23.6 Å². The first-order valence-electron chi connectivity index (χ1n) is 10.1. The Morgan fingerprint density at radius 1 is 1.30 bits per heavy atom. The standard InChI is InChI=1S/C22H32ClFN2O4/c1-13-8-16(23)9-17(24)19(13)22(29)14(2)10-26(11-15(22)3)18(27)12-25(7)20(28)30-21(4,5)6/h8-9,14-15,29H,10-12H2,1-7H3/t14-,15+,22?. The van der Waals surface area contributed by atoms with Crippen molar-refractivity contribution in [2.45, 2.75) is 52.7 Å². The van der Waals surface area contributed by atoms with Crippen molar-refractivity contribution in [3.63, 3.8) is 0 Å². The number of likely N-dealkylation sites (N-methyl/N-ethyl adjacent to an activating group) is 1. The molecule has 168 valence electrons. The van der Waals surface area contributed by atoms with Gasteiger partial charge in [0.25, 0.3) is 0 Å². The molecule has 8 heteroatoms. The van der Waals surface area contributed by atoms with Crippen LogP contribution in [0.1, 0.15) is 45.7 Å². The van der Waals surface area contributed by atoms with Crippen LogP contribution in [0.15, 0.2) is 12.1 Å². The van der Waals surface area contributed by atoms with Crippen LogP contribution >= 0.6 is 11.6 Å². The largest absolute Gasteiger partial charge is 0.444 e. The molecular formula is C22H32ClFN2O4. The molecule has 0 spiro atoms. The predicted molar refractivity (Wildman–Crippen MR) is 114 cm³/mol. The fourth-order valence-electron chi connectivity index (χ4n) is 4.11. The molecule has 1 aromatic rings. The molecule has 1 fully saturated rings. The summed E-state index contributed by atoms with van der Waals surface area (Å²) in [6.45, 7) is 10.9. The van der Waals surface area contributed by atoms with Gasteiger partial charge in [-0.3, -0.25) is 4.79 Å². The first kappa shape index (κ1) is 24.4. The molecule has 0 bridgehead atoms. The summed E-state index contributed by atoms with van der Waals surface area (Å²) in [6, 6.07) is 2.83. The van der Waals surface area contributed by atoms with Crippen LogP contribution in [0.5, 0.6) is 0 Å². The van der Waals surface area contributed by atoms with Crippen molar-refractivity contribution in [1.29, 1.82) is 0 Å². The number of amides is 2. The molecule has 2 rings (SSSR count). The molecule has 2 amide bonds. The van der Waals surface area contributed by atoms with Crippen LogP contribution in [-0.2, 0) is 15.1 Å². The highest BCUT2D eigenvalue weighted by molar-refractivity contribution is 6.30. The van der Waals surface area contributed by atoms with E-state index in [0.29, 0.717) is 5.56 Å². The lowest BCUT2D eigenvalue weighted by Gasteiger charge is -2.48. The van der Waals surface area contributed by atoms with Gasteiger partial charge < -0.3 is 19.6 Å². The molecule has 1 saturated heterocycles. The van der Waals surface area contributed by atoms with Crippen molar-refractivity contribution in [2.75, 3.05) is 26.7 Å². The molecule has 1 aromatic carbocycles. The summed E-state index contributed by atoms with van der Waals surface area (Å²) in [7, 11) is 1.51. The highest BCUT2D eigenvalue weighted by atomic mass is 35.5. The number of ether oxygens (including phenoxy) is 1. The maximum absolute atomic E-state index is 14.8. The van der Waals surface area contributed by atoms with Gasteiger partial charge in [-0.1, -0.05) is 25.4 Å². The van der Waals surface area contributed by atoms with Crippen LogP contribution < -0.4 is 0 Å². The van der Waals surface area contributed by atoms with Gasteiger partial charge in [0.05, 0.1) is 0 Å². The van der Waals surface area contributed by atoms with Crippen molar-refractivity contribution in [1.82, 2.24) is 9.80 Å². The molecule has 0 aliphatic carbocycles. The van der Waals surface area contributed by atoms with Gasteiger partial charge in [0.15, 0.2) is 0 Å². The van der Waals surface area contributed by atoms with Crippen LogP contribution in [0.2, 0.25) is 5.02 Å². The number of aryl methyl sites for hydroxylation is 1. The van der Waals surface area contributed by atoms with Crippen LogP contribution in [0.4, 0.5) is 9.18 Å². The summed E-state index contributed by atoms with van der Waals surface area (Å²) >= 11 is 5.94. The number of rotatable bonds is 3. The highest BCUT2D eigenvalue weighted by Crippen LogP contribution is 2.44. The van der Waals surface area contributed by atoms with Crippen molar-refractivity contribution < 1.29 is 23.8 Å². The molecule has 0 saturated carbocycles. The third-order valence-corrected chi connectivity index (χ3v) is 5.79. The molecule has 3 atom stereocenters. The van der Waals surface area contributed by atoms with Crippen molar-refractivity contribution in [3.05, 3.63) is 34.1 Å². The molecule has 30 heavy (non-hydrogen) atoms. The second-order valence-electron chi connectivity index (χ2n) is 9.34. The number of benzene rings is 1. The topological polar surface area (TPSA) is 70.1 Å². The molecule has 1 unspecified atom stereocenters. The summed E-state index contributed by atoms with van der Waals surface area (Å²) in [5, 5.41) is 11.8. The van der Waals surface area contributed by atoms with E-state index in [2.05, 4.69) is 0 Å². The Morgan fingerprint density at radius 2 is 1.83 bits per heavy atom. The normalized spacial score (nSPS) is 24.5. The van der Waals surface area contributed by atoms with E-state index in [1.54, 1.807) is 52.5 Å². The van der Waals surface area contributed by atoms with E-state index in [-0.39, 0.29) is 36.1 Å². The zero-order valence-electron chi connectivity index (χ0n) is 18.8. The van der Waals surface area contributed by atoms with Crippen molar-refractivity contribution >= 4 is 23.6 Å². The number of aliphatic hydroxyl groups is 1. The Bertz CT molecular complexity index is 789. The van der Waals surface area contributed by atoms with E-state index in [1.165, 1.54) is 18.0 Å². The molecule has 1 N–H and O–H groups in total. The number of hydrogen-bond acceptors (Lipinski definition) is 4. The summed E-state index contributed by atoms with van der Waals surface area (Å²) in [4.78, 5) is 27.8. The van der Waals surface area contributed by atoms with E-state index in [0.717, 1.165) is 0 Å². The second kappa shape index (κ2) is 8.71. The smallest absolute Gasteiger partial charge is 0.410 e. The van der Waals surface area contributed by atoms with Gasteiger partial charge in [0, 0.05) is 42.6 Å². The summed E-state index contributed by atoms with van der Waals surface area (Å²) in [6.07, 6.45) is -0.579. The lowest BCUT2D eigenvalue weighted by Crippen LogP contribution is -2.57. The van der Waals surface area contributed by atoms with E-state index < -0.39 is 34.9 Å². The summed E-state index contributed by atoms with van der Waals surface area (Å²) < 4.78 is 20.0. The molecule has 1 aliphatic heterocycles. The molecule has 0 aromatic heterocycles. The lowest BCUT2D eigenvalue weighted by molar-refractivity contribution is -0.150. The fraction of sp³-hybridized carbons (Fsp3) is 0.636. The second-order valence-corrected chi connectivity index (χ2v) is 9.78. The minimum atomic E-state index is -1.44. The van der Waals surface area contributed by atoms with Gasteiger partial charge in [-0.05, 0) is 45.4 Å². The third-order valence-electron chi connectivity index (χ3n) is 5.57. The van der Waals surface area contributed by atoms with Crippen LogP contribution in [0.25, 0.3) is 0 Å². The van der Waals surface area contributed by atoms with Crippen LogP contribution in [-0.4, -0.2) is 59.2 Å². The number of nitrogens with zero attached hydrogens (tertiary/aromatic N) is 2. The molecule has 0 radical (unpaired) electrons. The number of likely N-dealkylation sites (tertiary alicyclic amines) is 1.